The summed E-state index contributed by atoms with van der Waals surface area (Å²) >= 11 is 0. The lowest BCUT2D eigenvalue weighted by Gasteiger charge is -2.20. The molecular weight excluding hydrogens is 238 g/mol. The highest BCUT2D eigenvalue weighted by atomic mass is 16.2. The fourth-order valence-electron chi connectivity index (χ4n) is 2.21. The maximum atomic E-state index is 12.4. The monoisotopic (exact) mass is 259 g/mol. The number of nitrogens with one attached hydrogen (secondary N) is 1. The molecule has 1 unspecified atom stereocenters. The molecular formula is C15H21N3O. The molecule has 0 aliphatic rings. The van der Waals surface area contributed by atoms with Crippen LogP contribution in [0.1, 0.15) is 30.6 Å². The van der Waals surface area contributed by atoms with Crippen LogP contribution in [0, 0.1) is 5.92 Å². The number of nitrogen functional groups attached to an aromatic ring is 1. The molecule has 19 heavy (non-hydrogen) atoms. The Hall–Kier alpha value is -1.97. The minimum absolute atomic E-state index is 0.0521. The van der Waals surface area contributed by atoms with Gasteiger partial charge in [0.05, 0.1) is 5.56 Å². The van der Waals surface area contributed by atoms with E-state index < -0.39 is 0 Å². The summed E-state index contributed by atoms with van der Waals surface area (Å²) in [6, 6.07) is 5.56. The molecule has 4 heteroatoms. The summed E-state index contributed by atoms with van der Waals surface area (Å²) in [6.45, 7) is 5.06. The molecule has 0 fully saturated rings. The van der Waals surface area contributed by atoms with Gasteiger partial charge in [-0.15, -0.1) is 0 Å². The Morgan fingerprint density at radius 2 is 2.21 bits per heavy atom. The van der Waals surface area contributed by atoms with Crippen LogP contribution in [0.25, 0.3) is 10.9 Å². The van der Waals surface area contributed by atoms with Gasteiger partial charge < -0.3 is 15.6 Å². The van der Waals surface area contributed by atoms with E-state index in [4.69, 9.17) is 5.73 Å². The zero-order valence-electron chi connectivity index (χ0n) is 11.7. The number of hydrogen-bond donors (Lipinski definition) is 2. The lowest BCUT2D eigenvalue weighted by molar-refractivity contribution is 0.0777. The standard InChI is InChI=1S/C15H21N3O/c1-4-10(2)9-18(3)15(19)13-8-17-14-7-11(16)5-6-12(13)14/h5-8,10,17H,4,9,16H2,1-3H3. The van der Waals surface area contributed by atoms with E-state index >= 15 is 0 Å². The van der Waals surface area contributed by atoms with E-state index in [9.17, 15) is 4.79 Å². The molecule has 2 rings (SSSR count). The Labute approximate surface area is 113 Å². The number of carbonyl (C=O) groups excluding carboxylic acids is 1. The Bertz CT molecular complexity index is 588. The largest absolute Gasteiger partial charge is 0.399 e. The van der Waals surface area contributed by atoms with Crippen molar-refractivity contribution in [1.82, 2.24) is 9.88 Å². The summed E-state index contributed by atoms with van der Waals surface area (Å²) in [6.07, 6.45) is 2.83. The number of amides is 1. The van der Waals surface area contributed by atoms with Crippen molar-refractivity contribution in [2.24, 2.45) is 5.92 Å². The predicted octanol–water partition coefficient (Wildman–Crippen LogP) is 2.87. The van der Waals surface area contributed by atoms with Crippen molar-refractivity contribution in [2.45, 2.75) is 20.3 Å². The van der Waals surface area contributed by atoms with Gasteiger partial charge in [-0.05, 0) is 24.1 Å². The summed E-state index contributed by atoms with van der Waals surface area (Å²) in [7, 11) is 1.85. The highest BCUT2D eigenvalue weighted by molar-refractivity contribution is 6.07. The maximum Gasteiger partial charge on any atom is 0.255 e. The quantitative estimate of drug-likeness (QED) is 0.829. The number of anilines is 1. The Morgan fingerprint density at radius 3 is 2.89 bits per heavy atom. The molecule has 102 valence electrons. The number of nitrogens with zero attached hydrogens (tertiary/aromatic N) is 1. The number of nitrogens with two attached hydrogens (primary N) is 1. The zero-order valence-corrected chi connectivity index (χ0v) is 11.7. The van der Waals surface area contributed by atoms with Crippen molar-refractivity contribution < 1.29 is 4.79 Å². The van der Waals surface area contributed by atoms with Crippen LogP contribution in [0.15, 0.2) is 24.4 Å². The molecule has 1 heterocycles. The van der Waals surface area contributed by atoms with Crippen LogP contribution in [0.3, 0.4) is 0 Å². The van der Waals surface area contributed by atoms with E-state index in [1.54, 1.807) is 11.1 Å². The van der Waals surface area contributed by atoms with Crippen LogP contribution < -0.4 is 5.73 Å². The second-order valence-corrected chi connectivity index (χ2v) is 5.21. The number of H-pyrrole nitrogens is 1. The van der Waals surface area contributed by atoms with E-state index in [1.807, 2.05) is 25.2 Å². The molecule has 0 bridgehead atoms. The lowest BCUT2D eigenvalue weighted by Crippen LogP contribution is -2.30. The summed E-state index contributed by atoms with van der Waals surface area (Å²) < 4.78 is 0. The molecule has 1 aromatic heterocycles. The van der Waals surface area contributed by atoms with Gasteiger partial charge in [0.25, 0.3) is 5.91 Å². The van der Waals surface area contributed by atoms with Gasteiger partial charge in [-0.25, -0.2) is 0 Å². The molecule has 1 amide bonds. The molecule has 1 aromatic carbocycles. The van der Waals surface area contributed by atoms with Gasteiger partial charge in [-0.2, -0.15) is 0 Å². The number of aromatic nitrogens is 1. The minimum Gasteiger partial charge on any atom is -0.399 e. The number of fused-ring (bicyclic) bond motifs is 1. The number of rotatable bonds is 4. The van der Waals surface area contributed by atoms with Crippen LogP contribution in [0.5, 0.6) is 0 Å². The third-order valence-corrected chi connectivity index (χ3v) is 3.57. The van der Waals surface area contributed by atoms with Crippen LogP contribution in [0.4, 0.5) is 5.69 Å². The van der Waals surface area contributed by atoms with Crippen LogP contribution in [0.2, 0.25) is 0 Å². The topological polar surface area (TPSA) is 62.1 Å². The van der Waals surface area contributed by atoms with Gasteiger partial charge in [0, 0.05) is 36.4 Å². The summed E-state index contributed by atoms with van der Waals surface area (Å²) in [5, 5.41) is 0.926. The molecule has 0 aliphatic heterocycles. The molecule has 2 aromatic rings. The van der Waals surface area contributed by atoms with Gasteiger partial charge in [0.1, 0.15) is 0 Å². The highest BCUT2D eigenvalue weighted by Crippen LogP contribution is 2.22. The molecule has 0 aliphatic carbocycles. The van der Waals surface area contributed by atoms with E-state index in [0.717, 1.165) is 23.9 Å². The summed E-state index contributed by atoms with van der Waals surface area (Å²) in [5.74, 6) is 0.561. The minimum atomic E-state index is 0.0521. The highest BCUT2D eigenvalue weighted by Gasteiger charge is 2.17. The first-order valence-corrected chi connectivity index (χ1v) is 6.65. The van der Waals surface area contributed by atoms with E-state index in [0.29, 0.717) is 17.2 Å². The normalized spacial score (nSPS) is 12.6. The average Bonchev–Trinajstić information content (AvgIpc) is 2.80. The van der Waals surface area contributed by atoms with Crippen LogP contribution in [-0.2, 0) is 0 Å². The molecule has 0 saturated carbocycles. The Balaban J connectivity index is 2.26. The van der Waals surface area contributed by atoms with Gasteiger partial charge in [-0.3, -0.25) is 4.79 Å². The van der Waals surface area contributed by atoms with Crippen molar-refractivity contribution in [3.05, 3.63) is 30.0 Å². The van der Waals surface area contributed by atoms with Crippen molar-refractivity contribution in [1.29, 1.82) is 0 Å². The Morgan fingerprint density at radius 1 is 1.47 bits per heavy atom. The van der Waals surface area contributed by atoms with E-state index in [-0.39, 0.29) is 5.91 Å². The number of aromatic amines is 1. The zero-order chi connectivity index (χ0) is 14.0. The number of carbonyl (C=O) groups is 1. The number of benzene rings is 1. The summed E-state index contributed by atoms with van der Waals surface area (Å²) in [4.78, 5) is 17.3. The van der Waals surface area contributed by atoms with Gasteiger partial charge in [0.2, 0.25) is 0 Å². The fourth-order valence-corrected chi connectivity index (χ4v) is 2.21. The Kier molecular flexibility index (Phi) is 3.79. The summed E-state index contributed by atoms with van der Waals surface area (Å²) in [5.41, 5.74) is 8.05. The maximum absolute atomic E-state index is 12.4. The SMILES string of the molecule is CCC(C)CN(C)C(=O)c1c[nH]c2cc(N)ccc12. The molecule has 0 spiro atoms. The smallest absolute Gasteiger partial charge is 0.255 e. The second kappa shape index (κ2) is 5.34. The van der Waals surface area contributed by atoms with E-state index in [2.05, 4.69) is 18.8 Å². The first-order chi connectivity index (χ1) is 9.02. The van der Waals surface area contributed by atoms with E-state index in [1.165, 1.54) is 0 Å². The predicted molar refractivity (Wildman–Crippen MR) is 79.1 cm³/mol. The van der Waals surface area contributed by atoms with Crippen molar-refractivity contribution in [2.75, 3.05) is 19.3 Å². The average molecular weight is 259 g/mol. The van der Waals surface area contributed by atoms with Gasteiger partial charge in [-0.1, -0.05) is 20.3 Å². The van der Waals surface area contributed by atoms with Crippen LogP contribution in [-0.4, -0.2) is 29.4 Å². The first-order valence-electron chi connectivity index (χ1n) is 6.65. The molecule has 0 saturated heterocycles. The molecule has 1 atom stereocenters. The molecule has 0 radical (unpaired) electrons. The fraction of sp³-hybridized carbons (Fsp3) is 0.400. The number of hydrogen-bond acceptors (Lipinski definition) is 2. The van der Waals surface area contributed by atoms with Gasteiger partial charge in [0.15, 0.2) is 0 Å². The molecule has 4 nitrogen and oxygen atoms in total. The van der Waals surface area contributed by atoms with Crippen molar-refractivity contribution in [3.8, 4) is 0 Å². The van der Waals surface area contributed by atoms with Crippen molar-refractivity contribution in [3.63, 3.8) is 0 Å². The van der Waals surface area contributed by atoms with Crippen LogP contribution >= 0.6 is 0 Å². The third-order valence-electron chi connectivity index (χ3n) is 3.57. The van der Waals surface area contributed by atoms with Gasteiger partial charge >= 0.3 is 0 Å². The second-order valence-electron chi connectivity index (χ2n) is 5.21. The lowest BCUT2D eigenvalue weighted by atomic mass is 10.1. The molecule has 3 N–H and O–H groups in total. The van der Waals surface area contributed by atoms with Crippen molar-refractivity contribution >= 4 is 22.5 Å². The third kappa shape index (κ3) is 2.72. The first kappa shape index (κ1) is 13.5.